The summed E-state index contributed by atoms with van der Waals surface area (Å²) in [5, 5.41) is 9.28. The van der Waals surface area contributed by atoms with E-state index in [9.17, 15) is 9.90 Å². The van der Waals surface area contributed by atoms with Crippen LogP contribution in [0, 0.1) is 0 Å². The van der Waals surface area contributed by atoms with E-state index in [1.165, 1.54) is 6.92 Å². The van der Waals surface area contributed by atoms with Gasteiger partial charge in [-0.2, -0.15) is 0 Å². The molecule has 0 N–H and O–H groups in total. The monoisotopic (exact) mass is 73.0 g/mol. The summed E-state index contributed by atoms with van der Waals surface area (Å²) in [6.07, 6.45) is 0. The Bertz CT molecular complexity index is 40.2. The second-order valence-corrected chi connectivity index (χ2v) is 0.846. The number of rotatable bonds is 1. The number of ketones is 1. The Labute approximate surface area is 30.4 Å². The number of carbonyl (C=O) groups is 1. The average molecular weight is 73.1 g/mol. The van der Waals surface area contributed by atoms with Crippen molar-refractivity contribution in [2.45, 2.75) is 6.92 Å². The molecule has 0 aromatic heterocycles. The van der Waals surface area contributed by atoms with E-state index in [1.807, 2.05) is 0 Å². The molecule has 0 aliphatic carbocycles. The molecule has 1 radical (unpaired) electrons. The van der Waals surface area contributed by atoms with Gasteiger partial charge >= 0.3 is 0 Å². The molecule has 0 rings (SSSR count). The minimum Gasteiger partial charge on any atom is -0.297 e. The van der Waals surface area contributed by atoms with E-state index in [1.54, 1.807) is 0 Å². The van der Waals surface area contributed by atoms with Gasteiger partial charge in [-0.15, -0.1) is 0 Å². The Balaban J connectivity index is 2.85. The van der Waals surface area contributed by atoms with E-state index in [0.29, 0.717) is 0 Å². The van der Waals surface area contributed by atoms with E-state index in [4.69, 9.17) is 0 Å². The van der Waals surface area contributed by atoms with Crippen molar-refractivity contribution in [3.63, 3.8) is 0 Å². The summed E-state index contributed by atoms with van der Waals surface area (Å²) in [6, 6.07) is 0. The molecule has 5 heavy (non-hydrogen) atoms. The van der Waals surface area contributed by atoms with E-state index in [0.717, 1.165) is 0 Å². The van der Waals surface area contributed by atoms with Gasteiger partial charge in [0, 0.05) is 0 Å². The molecule has 0 amide bonds. The first-order valence-corrected chi connectivity index (χ1v) is 1.35. The Morgan fingerprint density at radius 3 is 2.00 bits per heavy atom. The van der Waals surface area contributed by atoms with Crippen LogP contribution in [0.2, 0.25) is 0 Å². The lowest BCUT2D eigenvalue weighted by molar-refractivity contribution is -0.121. The zero-order chi connectivity index (χ0) is 4.28. The van der Waals surface area contributed by atoms with Crippen LogP contribution in [0.25, 0.3) is 0 Å². The van der Waals surface area contributed by atoms with Crippen LogP contribution < -0.4 is 0 Å². The highest BCUT2D eigenvalue weighted by atomic mass is 16.3. The van der Waals surface area contributed by atoms with Crippen LogP contribution >= 0.6 is 0 Å². The van der Waals surface area contributed by atoms with Crippen molar-refractivity contribution in [3.05, 3.63) is 0 Å². The smallest absolute Gasteiger partial charge is 0.158 e. The lowest BCUT2D eigenvalue weighted by Gasteiger charge is -1.68. The van der Waals surface area contributed by atoms with Gasteiger partial charge in [0.25, 0.3) is 0 Å². The van der Waals surface area contributed by atoms with Crippen molar-refractivity contribution in [1.29, 1.82) is 0 Å². The molecule has 0 bridgehead atoms. The SMILES string of the molecule is CC(=O)C[O]. The molecule has 0 heterocycles. The molecule has 29 valence electrons. The van der Waals surface area contributed by atoms with Crippen molar-refractivity contribution in [1.82, 2.24) is 0 Å². The fourth-order valence-electron chi connectivity index (χ4n) is 0. The van der Waals surface area contributed by atoms with Gasteiger partial charge in [-0.1, -0.05) is 0 Å². The van der Waals surface area contributed by atoms with Gasteiger partial charge in [0.1, 0.15) is 6.61 Å². The third-order valence-electron chi connectivity index (χ3n) is 0.203. The molecule has 0 aromatic carbocycles. The van der Waals surface area contributed by atoms with Gasteiger partial charge < -0.3 is 0 Å². The molecular weight excluding hydrogens is 68.0 g/mol. The van der Waals surface area contributed by atoms with Crippen LogP contribution in [0.4, 0.5) is 0 Å². The predicted octanol–water partition coefficient (Wildman–Crippen LogP) is 0.00590. The summed E-state index contributed by atoms with van der Waals surface area (Å²) in [4.78, 5) is 9.50. The number of carbonyl (C=O) groups excluding carboxylic acids is 1. The summed E-state index contributed by atoms with van der Waals surface area (Å²) in [6.45, 7) is 0.687. The third-order valence-corrected chi connectivity index (χ3v) is 0.203. The number of hydrogen-bond acceptors (Lipinski definition) is 1. The van der Waals surface area contributed by atoms with Crippen molar-refractivity contribution in [2.75, 3.05) is 6.61 Å². The molecule has 0 aliphatic rings. The summed E-state index contributed by atoms with van der Waals surface area (Å²) in [5.41, 5.74) is 0. The number of Topliss-reactive ketones (excluding diaryl/α,β-unsaturated/α-hetero) is 1. The van der Waals surface area contributed by atoms with Crippen LogP contribution in [0.15, 0.2) is 0 Å². The molecule has 0 spiro atoms. The molecule has 0 unspecified atom stereocenters. The van der Waals surface area contributed by atoms with Gasteiger partial charge in [0.05, 0.1) is 0 Å². The maximum atomic E-state index is 9.50. The van der Waals surface area contributed by atoms with Crippen molar-refractivity contribution >= 4 is 5.78 Å². The molecule has 0 fully saturated rings. The topological polar surface area (TPSA) is 37.0 Å². The fourth-order valence-corrected chi connectivity index (χ4v) is 0. The van der Waals surface area contributed by atoms with Crippen LogP contribution in [0.1, 0.15) is 6.92 Å². The standard InChI is InChI=1S/C3H5O2/c1-3(5)2-4/h2H2,1H3. The summed E-state index contributed by atoms with van der Waals surface area (Å²) in [5.74, 6) is -0.301. The van der Waals surface area contributed by atoms with Crippen LogP contribution in [-0.4, -0.2) is 12.4 Å². The Morgan fingerprint density at radius 1 is 1.80 bits per heavy atom. The van der Waals surface area contributed by atoms with Crippen LogP contribution in [0.3, 0.4) is 0 Å². The Kier molecular flexibility index (Phi) is 1.76. The van der Waals surface area contributed by atoms with Crippen molar-refractivity contribution in [3.8, 4) is 0 Å². The van der Waals surface area contributed by atoms with Gasteiger partial charge in [0.2, 0.25) is 0 Å². The maximum absolute atomic E-state index is 9.50. The van der Waals surface area contributed by atoms with Crippen molar-refractivity contribution in [2.24, 2.45) is 0 Å². The molecule has 0 aliphatic heterocycles. The second kappa shape index (κ2) is 1.91. The van der Waals surface area contributed by atoms with E-state index < -0.39 is 6.61 Å². The predicted molar refractivity (Wildman–Crippen MR) is 16.2 cm³/mol. The summed E-state index contributed by atoms with van der Waals surface area (Å²) in [7, 11) is 0. The highest BCUT2D eigenvalue weighted by molar-refractivity contribution is 5.76. The molecule has 2 nitrogen and oxygen atoms in total. The van der Waals surface area contributed by atoms with Crippen LogP contribution in [0.5, 0.6) is 0 Å². The van der Waals surface area contributed by atoms with Gasteiger partial charge in [-0.25, -0.2) is 5.11 Å². The lowest BCUT2D eigenvalue weighted by Crippen LogP contribution is -1.91. The quantitative estimate of drug-likeness (QED) is 0.430. The minimum absolute atomic E-state index is 0.301. The summed E-state index contributed by atoms with van der Waals surface area (Å²) < 4.78 is 0. The maximum Gasteiger partial charge on any atom is 0.158 e. The zero-order valence-electron chi connectivity index (χ0n) is 3.02. The average Bonchev–Trinajstić information content (AvgIpc) is 1.38. The molecule has 0 atom stereocenters. The first-order chi connectivity index (χ1) is 2.27. The molecule has 0 aromatic rings. The lowest BCUT2D eigenvalue weighted by atomic mass is 10.5. The highest BCUT2D eigenvalue weighted by Crippen LogP contribution is 1.57. The van der Waals surface area contributed by atoms with E-state index in [-0.39, 0.29) is 5.78 Å². The van der Waals surface area contributed by atoms with E-state index in [2.05, 4.69) is 0 Å². The second-order valence-electron chi connectivity index (χ2n) is 0.846. The normalized spacial score (nSPS) is 7.60. The third kappa shape index (κ3) is 3.63. The Morgan fingerprint density at radius 2 is 2.00 bits per heavy atom. The molecule has 0 saturated heterocycles. The van der Waals surface area contributed by atoms with Gasteiger partial charge in [-0.05, 0) is 6.92 Å². The summed E-state index contributed by atoms with van der Waals surface area (Å²) >= 11 is 0. The molecular formula is C3H5O2. The first-order valence-electron chi connectivity index (χ1n) is 1.35. The first kappa shape index (κ1) is 4.63. The Hall–Kier alpha value is -0.370. The fraction of sp³-hybridized carbons (Fsp3) is 0.667. The van der Waals surface area contributed by atoms with Gasteiger partial charge in [-0.3, -0.25) is 4.79 Å². The minimum atomic E-state index is -0.583. The molecule has 0 saturated carbocycles. The highest BCUT2D eigenvalue weighted by Gasteiger charge is 1.81. The van der Waals surface area contributed by atoms with Crippen LogP contribution in [-0.2, 0) is 9.90 Å². The molecule has 2 heteroatoms. The van der Waals surface area contributed by atoms with Crippen molar-refractivity contribution < 1.29 is 9.90 Å². The largest absolute Gasteiger partial charge is 0.297 e. The van der Waals surface area contributed by atoms with E-state index >= 15 is 0 Å². The zero-order valence-corrected chi connectivity index (χ0v) is 3.02. The van der Waals surface area contributed by atoms with Gasteiger partial charge in [0.15, 0.2) is 5.78 Å². The number of hydrogen-bond donors (Lipinski definition) is 0.